The van der Waals surface area contributed by atoms with Crippen LogP contribution in [0.1, 0.15) is 27.2 Å². The Labute approximate surface area is 89.1 Å². The van der Waals surface area contributed by atoms with Gasteiger partial charge in [-0.1, -0.05) is 20.8 Å². The number of rotatable bonds is 1. The van der Waals surface area contributed by atoms with E-state index in [2.05, 4.69) is 4.18 Å². The number of hydrogen-bond acceptors (Lipinski definition) is 4. The van der Waals surface area contributed by atoms with Crippen molar-refractivity contribution in [2.75, 3.05) is 6.61 Å². The topological polar surface area (TPSA) is 83.9 Å². The van der Waals surface area contributed by atoms with Crippen LogP contribution >= 0.6 is 0 Å². The van der Waals surface area contributed by atoms with Crippen LogP contribution in [-0.2, 0) is 14.5 Å². The van der Waals surface area contributed by atoms with Crippen LogP contribution in [-0.4, -0.2) is 36.6 Å². The third-order valence-electron chi connectivity index (χ3n) is 2.02. The van der Waals surface area contributed by atoms with Gasteiger partial charge in [-0.05, 0) is 11.8 Å². The molecule has 1 saturated heterocycles. The molecule has 0 bridgehead atoms. The van der Waals surface area contributed by atoms with Crippen LogP contribution in [0.15, 0.2) is 0 Å². The molecule has 6 nitrogen and oxygen atoms in total. The van der Waals surface area contributed by atoms with Crippen molar-refractivity contribution in [3.05, 3.63) is 0 Å². The van der Waals surface area contributed by atoms with Gasteiger partial charge in [0, 0.05) is 0 Å². The molecule has 1 heterocycles. The molecule has 1 aliphatic rings. The molecule has 88 valence electrons. The van der Waals surface area contributed by atoms with Crippen LogP contribution < -0.4 is 0 Å². The molecule has 0 aliphatic carbocycles. The lowest BCUT2D eigenvalue weighted by Crippen LogP contribution is -2.40. The molecule has 1 fully saturated rings. The van der Waals surface area contributed by atoms with Gasteiger partial charge in [-0.25, -0.2) is 4.79 Å². The van der Waals surface area contributed by atoms with Crippen molar-refractivity contribution in [2.24, 2.45) is 5.41 Å². The summed E-state index contributed by atoms with van der Waals surface area (Å²) in [6.07, 6.45) is -1.04. The van der Waals surface area contributed by atoms with E-state index in [0.717, 1.165) is 0 Å². The quantitative estimate of drug-likeness (QED) is 0.736. The van der Waals surface area contributed by atoms with Crippen LogP contribution in [0.2, 0.25) is 0 Å². The van der Waals surface area contributed by atoms with E-state index >= 15 is 0 Å². The second kappa shape index (κ2) is 3.64. The van der Waals surface area contributed by atoms with Gasteiger partial charge in [0.25, 0.3) is 0 Å². The highest BCUT2D eigenvalue weighted by Gasteiger charge is 2.43. The van der Waals surface area contributed by atoms with E-state index in [1.54, 1.807) is 0 Å². The highest BCUT2D eigenvalue weighted by molar-refractivity contribution is 7.85. The molecule has 7 heteroatoms. The van der Waals surface area contributed by atoms with Crippen LogP contribution in [0.3, 0.4) is 0 Å². The van der Waals surface area contributed by atoms with Gasteiger partial charge in [0.05, 0.1) is 12.6 Å². The zero-order valence-electron chi connectivity index (χ0n) is 8.93. The monoisotopic (exact) mass is 237 g/mol. The molecule has 1 amide bonds. The Balaban J connectivity index is 2.89. The lowest BCUT2D eigenvalue weighted by molar-refractivity contribution is 0.154. The van der Waals surface area contributed by atoms with Crippen molar-refractivity contribution in [1.29, 1.82) is 0 Å². The second-order valence-corrected chi connectivity index (χ2v) is 6.22. The summed E-state index contributed by atoms with van der Waals surface area (Å²) < 4.78 is 27.3. The third-order valence-corrected chi connectivity index (χ3v) is 3.39. The normalized spacial score (nSPS) is 25.5. The predicted octanol–water partition coefficient (Wildman–Crippen LogP) is 1.05. The summed E-state index contributed by atoms with van der Waals surface area (Å²) in [5.74, 6) is 0. The van der Waals surface area contributed by atoms with Gasteiger partial charge < -0.3 is 5.11 Å². The predicted molar refractivity (Wildman–Crippen MR) is 52.6 cm³/mol. The number of carbonyl (C=O) groups is 1. The fourth-order valence-corrected chi connectivity index (χ4v) is 2.71. The Hall–Kier alpha value is -0.820. The minimum Gasteiger partial charge on any atom is -0.464 e. The van der Waals surface area contributed by atoms with Gasteiger partial charge in [-0.3, -0.25) is 4.18 Å². The molecule has 0 aromatic rings. The van der Waals surface area contributed by atoms with Gasteiger partial charge in [-0.15, -0.1) is 0 Å². The van der Waals surface area contributed by atoms with Crippen molar-refractivity contribution in [3.8, 4) is 0 Å². The molecule has 15 heavy (non-hydrogen) atoms. The number of amides is 1. The first kappa shape index (κ1) is 12.3. The molecule has 1 rings (SSSR count). The SMILES string of the molecule is CC(C)(C)CC1COS(=O)(=O)N1C(=O)O. The van der Waals surface area contributed by atoms with E-state index < -0.39 is 22.4 Å². The lowest BCUT2D eigenvalue weighted by Gasteiger charge is -2.25. The van der Waals surface area contributed by atoms with Crippen molar-refractivity contribution in [1.82, 2.24) is 4.31 Å². The fraction of sp³-hybridized carbons (Fsp3) is 0.875. The van der Waals surface area contributed by atoms with Crippen molar-refractivity contribution >= 4 is 16.4 Å². The van der Waals surface area contributed by atoms with E-state index in [1.807, 2.05) is 20.8 Å². The highest BCUT2D eigenvalue weighted by atomic mass is 32.2. The second-order valence-electron chi connectivity index (χ2n) is 4.74. The Bertz CT molecular complexity index is 356. The first-order chi connectivity index (χ1) is 6.63. The maximum Gasteiger partial charge on any atom is 0.423 e. The number of nitrogens with zero attached hydrogens (tertiary/aromatic N) is 1. The van der Waals surface area contributed by atoms with Gasteiger partial charge in [0.2, 0.25) is 0 Å². The molecule has 0 radical (unpaired) electrons. The Morgan fingerprint density at radius 3 is 2.47 bits per heavy atom. The molecule has 0 saturated carbocycles. The van der Waals surface area contributed by atoms with Crippen molar-refractivity contribution in [3.63, 3.8) is 0 Å². The van der Waals surface area contributed by atoms with Crippen LogP contribution in [0.5, 0.6) is 0 Å². The summed E-state index contributed by atoms with van der Waals surface area (Å²) in [4.78, 5) is 10.8. The summed E-state index contributed by atoms with van der Waals surface area (Å²) in [6, 6.07) is -0.618. The first-order valence-corrected chi connectivity index (χ1v) is 5.92. The average molecular weight is 237 g/mol. The Kier molecular flexibility index (Phi) is 2.97. The van der Waals surface area contributed by atoms with E-state index in [4.69, 9.17) is 5.11 Å². The van der Waals surface area contributed by atoms with Gasteiger partial charge >= 0.3 is 16.4 Å². The Morgan fingerprint density at radius 1 is 1.53 bits per heavy atom. The largest absolute Gasteiger partial charge is 0.464 e. The van der Waals surface area contributed by atoms with Gasteiger partial charge in [0.1, 0.15) is 0 Å². The molecular weight excluding hydrogens is 222 g/mol. The molecule has 1 N–H and O–H groups in total. The zero-order chi connectivity index (χ0) is 11.9. The zero-order valence-corrected chi connectivity index (χ0v) is 9.74. The summed E-state index contributed by atoms with van der Waals surface area (Å²) in [5.41, 5.74) is -0.151. The molecule has 0 aromatic carbocycles. The molecular formula is C8H15NO5S. The van der Waals surface area contributed by atoms with Crippen LogP contribution in [0.25, 0.3) is 0 Å². The fourth-order valence-electron chi connectivity index (χ4n) is 1.57. The molecule has 0 spiro atoms. The van der Waals surface area contributed by atoms with E-state index in [9.17, 15) is 13.2 Å². The molecule has 1 atom stereocenters. The minimum atomic E-state index is -4.07. The lowest BCUT2D eigenvalue weighted by atomic mass is 9.88. The van der Waals surface area contributed by atoms with E-state index in [0.29, 0.717) is 10.7 Å². The van der Waals surface area contributed by atoms with Gasteiger partial charge in [-0.2, -0.15) is 12.7 Å². The standard InChI is InChI=1S/C8H15NO5S/c1-8(2,3)4-6-5-14-15(12,13)9(6)7(10)11/h6H,4-5H2,1-3H3,(H,10,11). The molecule has 1 aliphatic heterocycles. The highest BCUT2D eigenvalue weighted by Crippen LogP contribution is 2.29. The van der Waals surface area contributed by atoms with Crippen molar-refractivity contribution in [2.45, 2.75) is 33.2 Å². The maximum atomic E-state index is 11.2. The first-order valence-electron chi connectivity index (χ1n) is 4.55. The van der Waals surface area contributed by atoms with Crippen LogP contribution in [0.4, 0.5) is 4.79 Å². The molecule has 0 aromatic heterocycles. The summed E-state index contributed by atoms with van der Waals surface area (Å²) >= 11 is 0. The van der Waals surface area contributed by atoms with Gasteiger partial charge in [0.15, 0.2) is 0 Å². The number of hydrogen-bond donors (Lipinski definition) is 1. The third kappa shape index (κ3) is 2.82. The molecule has 1 unspecified atom stereocenters. The average Bonchev–Trinajstić information content (AvgIpc) is 2.22. The summed E-state index contributed by atoms with van der Waals surface area (Å²) in [5, 5.41) is 8.78. The maximum absolute atomic E-state index is 11.2. The van der Waals surface area contributed by atoms with Crippen molar-refractivity contribution < 1.29 is 22.5 Å². The Morgan fingerprint density at radius 2 is 2.07 bits per heavy atom. The van der Waals surface area contributed by atoms with E-state index in [-0.39, 0.29) is 12.0 Å². The minimum absolute atomic E-state index is 0.0914. The summed E-state index contributed by atoms with van der Waals surface area (Å²) in [6.45, 7) is 5.65. The summed E-state index contributed by atoms with van der Waals surface area (Å²) in [7, 11) is -4.07. The number of carboxylic acid groups (broad SMARTS) is 1. The van der Waals surface area contributed by atoms with E-state index in [1.165, 1.54) is 0 Å². The smallest absolute Gasteiger partial charge is 0.423 e. The van der Waals surface area contributed by atoms with Crippen LogP contribution in [0, 0.1) is 5.41 Å².